The molecular weight excluding hydrogens is 322 g/mol. The highest BCUT2D eigenvalue weighted by atomic mass is 32.1. The zero-order valence-corrected chi connectivity index (χ0v) is 14.0. The number of carbonyl (C=O) groups is 2. The molecule has 2 heterocycles. The minimum absolute atomic E-state index is 0.128. The van der Waals surface area contributed by atoms with Crippen LogP contribution in [0, 0.1) is 0 Å². The smallest absolute Gasteiger partial charge is 0.251 e. The second-order valence-corrected chi connectivity index (χ2v) is 6.57. The Labute approximate surface area is 144 Å². The average molecular weight is 341 g/mol. The second-order valence-electron chi connectivity index (χ2n) is 5.66. The first-order valence-electron chi connectivity index (χ1n) is 7.77. The maximum absolute atomic E-state index is 12.2. The molecule has 24 heavy (non-hydrogen) atoms. The zero-order chi connectivity index (χ0) is 16.9. The number of primary amides is 1. The van der Waals surface area contributed by atoms with E-state index < -0.39 is 5.91 Å². The standard InChI is InChI=1S/C18H19N3O2S/c19-17(23)15-8-11-24-18(15)20-16(22)12-21-9-6-14(7-10-21)13-4-2-1-3-5-13/h1-6,8,11H,7,9-10,12H2,(H2,19,23)(H,20,22). The van der Waals surface area contributed by atoms with Crippen LogP contribution in [0.2, 0.25) is 0 Å². The van der Waals surface area contributed by atoms with Crippen molar-refractivity contribution >= 4 is 33.7 Å². The van der Waals surface area contributed by atoms with Crippen LogP contribution in [0.25, 0.3) is 5.57 Å². The number of rotatable bonds is 5. The van der Waals surface area contributed by atoms with Crippen LogP contribution in [0.4, 0.5) is 5.00 Å². The number of carbonyl (C=O) groups excluding carboxylic acids is 2. The van der Waals surface area contributed by atoms with Crippen molar-refractivity contribution in [3.05, 3.63) is 59.0 Å². The fourth-order valence-electron chi connectivity index (χ4n) is 2.74. The minimum Gasteiger partial charge on any atom is -0.366 e. The van der Waals surface area contributed by atoms with Crippen LogP contribution >= 0.6 is 11.3 Å². The molecule has 3 N–H and O–H groups in total. The van der Waals surface area contributed by atoms with E-state index in [0.717, 1.165) is 19.5 Å². The van der Waals surface area contributed by atoms with Crippen molar-refractivity contribution in [2.24, 2.45) is 5.73 Å². The van der Waals surface area contributed by atoms with Gasteiger partial charge >= 0.3 is 0 Å². The van der Waals surface area contributed by atoms with E-state index in [-0.39, 0.29) is 5.91 Å². The van der Waals surface area contributed by atoms with Crippen LogP contribution in [0.15, 0.2) is 47.9 Å². The molecule has 3 rings (SSSR count). The molecule has 0 bridgehead atoms. The molecule has 0 radical (unpaired) electrons. The summed E-state index contributed by atoms with van der Waals surface area (Å²) in [7, 11) is 0. The molecule has 1 aliphatic rings. The molecule has 0 saturated carbocycles. The number of hydrogen-bond acceptors (Lipinski definition) is 4. The van der Waals surface area contributed by atoms with E-state index in [1.54, 1.807) is 11.4 Å². The number of nitrogens with one attached hydrogen (secondary N) is 1. The maximum Gasteiger partial charge on any atom is 0.251 e. The quantitative estimate of drug-likeness (QED) is 0.878. The highest BCUT2D eigenvalue weighted by Gasteiger charge is 2.17. The molecule has 2 amide bonds. The monoisotopic (exact) mass is 341 g/mol. The highest BCUT2D eigenvalue weighted by molar-refractivity contribution is 7.14. The summed E-state index contributed by atoms with van der Waals surface area (Å²) in [4.78, 5) is 25.6. The Kier molecular flexibility index (Phi) is 5.08. The first-order valence-corrected chi connectivity index (χ1v) is 8.65. The molecule has 6 heteroatoms. The number of nitrogens with zero attached hydrogens (tertiary/aromatic N) is 1. The summed E-state index contributed by atoms with van der Waals surface area (Å²) in [5.41, 5.74) is 8.21. The predicted molar refractivity (Wildman–Crippen MR) is 96.9 cm³/mol. The van der Waals surface area contributed by atoms with Crippen LogP contribution in [-0.2, 0) is 4.79 Å². The van der Waals surface area contributed by atoms with Crippen LogP contribution in [0.3, 0.4) is 0 Å². The molecule has 0 fully saturated rings. The van der Waals surface area contributed by atoms with Crippen molar-refractivity contribution in [1.82, 2.24) is 4.90 Å². The van der Waals surface area contributed by atoms with Gasteiger partial charge in [-0.1, -0.05) is 36.4 Å². The lowest BCUT2D eigenvalue weighted by molar-refractivity contribution is -0.117. The highest BCUT2D eigenvalue weighted by Crippen LogP contribution is 2.24. The molecular formula is C18H19N3O2S. The summed E-state index contributed by atoms with van der Waals surface area (Å²) in [6, 6.07) is 11.9. The molecule has 0 atom stereocenters. The van der Waals surface area contributed by atoms with E-state index in [1.165, 1.54) is 22.5 Å². The van der Waals surface area contributed by atoms with Gasteiger partial charge in [-0.2, -0.15) is 0 Å². The molecule has 1 aliphatic heterocycles. The molecule has 0 unspecified atom stereocenters. The van der Waals surface area contributed by atoms with Gasteiger partial charge in [0.15, 0.2) is 0 Å². The second kappa shape index (κ2) is 7.42. The molecule has 124 valence electrons. The normalized spacial score (nSPS) is 14.9. The lowest BCUT2D eigenvalue weighted by atomic mass is 10.00. The third-order valence-electron chi connectivity index (χ3n) is 3.99. The summed E-state index contributed by atoms with van der Waals surface area (Å²) in [5.74, 6) is -0.656. The molecule has 1 aromatic carbocycles. The Balaban J connectivity index is 1.56. The van der Waals surface area contributed by atoms with Gasteiger partial charge in [0, 0.05) is 13.1 Å². The Morgan fingerprint density at radius 2 is 2.00 bits per heavy atom. The van der Waals surface area contributed by atoms with Crippen molar-refractivity contribution in [1.29, 1.82) is 0 Å². The lowest BCUT2D eigenvalue weighted by Gasteiger charge is -2.25. The maximum atomic E-state index is 12.2. The van der Waals surface area contributed by atoms with Gasteiger partial charge in [-0.3, -0.25) is 14.5 Å². The van der Waals surface area contributed by atoms with E-state index in [2.05, 4.69) is 28.4 Å². The molecule has 1 aromatic heterocycles. The van der Waals surface area contributed by atoms with Crippen LogP contribution < -0.4 is 11.1 Å². The fraction of sp³-hybridized carbons (Fsp3) is 0.222. The van der Waals surface area contributed by atoms with Gasteiger partial charge in [-0.25, -0.2) is 0 Å². The van der Waals surface area contributed by atoms with Gasteiger partial charge in [-0.05, 0) is 29.0 Å². The zero-order valence-electron chi connectivity index (χ0n) is 13.2. The van der Waals surface area contributed by atoms with Gasteiger partial charge in [-0.15, -0.1) is 11.3 Å². The summed E-state index contributed by atoms with van der Waals surface area (Å²) in [5, 5.41) is 5.04. The SMILES string of the molecule is NC(=O)c1ccsc1NC(=O)CN1CC=C(c2ccccc2)CC1. The van der Waals surface area contributed by atoms with E-state index in [0.29, 0.717) is 17.1 Å². The molecule has 5 nitrogen and oxygen atoms in total. The number of anilines is 1. The van der Waals surface area contributed by atoms with Crippen LogP contribution in [0.5, 0.6) is 0 Å². The van der Waals surface area contributed by atoms with Crippen molar-refractivity contribution in [3.8, 4) is 0 Å². The van der Waals surface area contributed by atoms with Crippen LogP contribution in [0.1, 0.15) is 22.3 Å². The summed E-state index contributed by atoms with van der Waals surface area (Å²) < 4.78 is 0. The minimum atomic E-state index is -0.528. The number of benzene rings is 1. The first kappa shape index (κ1) is 16.4. The van der Waals surface area contributed by atoms with Gasteiger partial charge in [0.1, 0.15) is 5.00 Å². The van der Waals surface area contributed by atoms with Crippen molar-refractivity contribution in [2.75, 3.05) is 25.0 Å². The largest absolute Gasteiger partial charge is 0.366 e. The van der Waals surface area contributed by atoms with Gasteiger partial charge in [0.05, 0.1) is 12.1 Å². The van der Waals surface area contributed by atoms with Crippen molar-refractivity contribution in [3.63, 3.8) is 0 Å². The van der Waals surface area contributed by atoms with Gasteiger partial charge in [0.25, 0.3) is 5.91 Å². The van der Waals surface area contributed by atoms with Crippen molar-refractivity contribution < 1.29 is 9.59 Å². The Morgan fingerprint density at radius 1 is 1.21 bits per heavy atom. The van der Waals surface area contributed by atoms with E-state index in [4.69, 9.17) is 5.73 Å². The number of thiophene rings is 1. The van der Waals surface area contributed by atoms with E-state index >= 15 is 0 Å². The Morgan fingerprint density at radius 3 is 2.67 bits per heavy atom. The average Bonchev–Trinajstić information content (AvgIpc) is 3.04. The molecule has 0 aliphatic carbocycles. The molecule has 0 spiro atoms. The Hall–Kier alpha value is -2.44. The number of amides is 2. The van der Waals surface area contributed by atoms with E-state index in [1.807, 2.05) is 18.2 Å². The lowest BCUT2D eigenvalue weighted by Crippen LogP contribution is -2.36. The topological polar surface area (TPSA) is 75.4 Å². The molecule has 2 aromatic rings. The van der Waals surface area contributed by atoms with Crippen LogP contribution in [-0.4, -0.2) is 36.3 Å². The third kappa shape index (κ3) is 3.90. The van der Waals surface area contributed by atoms with Gasteiger partial charge in [0.2, 0.25) is 5.91 Å². The third-order valence-corrected chi connectivity index (χ3v) is 4.82. The van der Waals surface area contributed by atoms with E-state index in [9.17, 15) is 9.59 Å². The van der Waals surface area contributed by atoms with Crippen molar-refractivity contribution in [2.45, 2.75) is 6.42 Å². The summed E-state index contributed by atoms with van der Waals surface area (Å²) in [6.45, 7) is 1.88. The number of hydrogen-bond donors (Lipinski definition) is 2. The Bertz CT molecular complexity index is 768. The van der Waals surface area contributed by atoms with Gasteiger partial charge < -0.3 is 11.1 Å². The summed E-state index contributed by atoms with van der Waals surface area (Å²) in [6.07, 6.45) is 3.09. The fourth-order valence-corrected chi connectivity index (χ4v) is 3.55. The predicted octanol–water partition coefficient (Wildman–Crippen LogP) is 2.57. The molecule has 0 saturated heterocycles. The number of nitrogens with two attached hydrogens (primary N) is 1. The summed E-state index contributed by atoms with van der Waals surface area (Å²) >= 11 is 1.30. The first-order chi connectivity index (χ1) is 11.6.